The van der Waals surface area contributed by atoms with Gasteiger partial charge >= 0.3 is 0 Å². The minimum atomic E-state index is -0.419. The summed E-state index contributed by atoms with van der Waals surface area (Å²) < 4.78 is 6.81. The summed E-state index contributed by atoms with van der Waals surface area (Å²) in [5.74, 6) is 0. The lowest BCUT2D eigenvalue weighted by Crippen LogP contribution is -2.50. The first-order valence-electron chi connectivity index (χ1n) is 6.34. The van der Waals surface area contributed by atoms with Gasteiger partial charge in [0.2, 0.25) is 0 Å². The molecule has 1 N–H and O–H groups in total. The second-order valence-corrected chi connectivity index (χ2v) is 7.52. The van der Waals surface area contributed by atoms with Crippen molar-refractivity contribution in [2.75, 3.05) is 19.7 Å². The molecule has 1 aliphatic rings. The molecule has 18 heavy (non-hydrogen) atoms. The molecule has 0 bridgehead atoms. The molecule has 0 aliphatic carbocycles. The highest BCUT2D eigenvalue weighted by Crippen LogP contribution is 2.24. The first-order chi connectivity index (χ1) is 8.56. The molecule has 1 aliphatic heterocycles. The molecule has 2 rings (SSSR count). The van der Waals surface area contributed by atoms with Crippen LogP contribution < -0.4 is 0 Å². The molecule has 1 aromatic rings. The van der Waals surface area contributed by atoms with E-state index in [0.29, 0.717) is 19.1 Å². The number of nitrogens with zero attached hydrogens (tertiary/aromatic N) is 1. The molecule has 0 amide bonds. The van der Waals surface area contributed by atoms with Crippen LogP contribution in [-0.4, -0.2) is 48.0 Å². The molecule has 1 fully saturated rings. The van der Waals surface area contributed by atoms with Gasteiger partial charge in [0.1, 0.15) is 0 Å². The number of ether oxygens (including phenoxy) is 1. The van der Waals surface area contributed by atoms with Gasteiger partial charge in [0.05, 0.1) is 22.6 Å². The Labute approximate surface area is 121 Å². The van der Waals surface area contributed by atoms with Gasteiger partial charge in [-0.15, -0.1) is 11.3 Å². The molecular formula is C13H20BrNO2S. The predicted octanol–water partition coefficient (Wildman–Crippen LogP) is 2.52. The van der Waals surface area contributed by atoms with Crippen LogP contribution in [0.1, 0.15) is 18.7 Å². The SMILES string of the molecule is CC(C)N1CCOC(C(O)Cc2ccc(Br)s2)C1. The first-order valence-corrected chi connectivity index (χ1v) is 7.95. The Kier molecular flexibility index (Phi) is 5.21. The van der Waals surface area contributed by atoms with E-state index in [0.717, 1.165) is 16.9 Å². The van der Waals surface area contributed by atoms with Gasteiger partial charge in [-0.3, -0.25) is 4.90 Å². The highest BCUT2D eigenvalue weighted by atomic mass is 79.9. The molecule has 0 saturated carbocycles. The fourth-order valence-electron chi connectivity index (χ4n) is 2.20. The monoisotopic (exact) mass is 333 g/mol. The van der Waals surface area contributed by atoms with Crippen molar-refractivity contribution in [3.05, 3.63) is 20.8 Å². The van der Waals surface area contributed by atoms with Gasteiger partial charge in [0, 0.05) is 30.4 Å². The van der Waals surface area contributed by atoms with Crippen LogP contribution in [0.25, 0.3) is 0 Å². The number of aliphatic hydroxyl groups excluding tert-OH is 1. The maximum Gasteiger partial charge on any atom is 0.0964 e. The van der Waals surface area contributed by atoms with Crippen LogP contribution in [0.15, 0.2) is 15.9 Å². The number of morpholine rings is 1. The minimum Gasteiger partial charge on any atom is -0.390 e. The fourth-order valence-corrected chi connectivity index (χ4v) is 3.73. The fraction of sp³-hybridized carbons (Fsp3) is 0.692. The van der Waals surface area contributed by atoms with E-state index in [1.165, 1.54) is 4.88 Å². The summed E-state index contributed by atoms with van der Waals surface area (Å²) in [5, 5.41) is 10.3. The van der Waals surface area contributed by atoms with Crippen LogP contribution in [0.4, 0.5) is 0 Å². The van der Waals surface area contributed by atoms with Crippen LogP contribution in [0.5, 0.6) is 0 Å². The highest BCUT2D eigenvalue weighted by molar-refractivity contribution is 9.11. The lowest BCUT2D eigenvalue weighted by atomic mass is 10.1. The quantitative estimate of drug-likeness (QED) is 0.918. The largest absolute Gasteiger partial charge is 0.390 e. The number of halogens is 1. The van der Waals surface area contributed by atoms with Gasteiger partial charge in [0.15, 0.2) is 0 Å². The molecule has 0 radical (unpaired) electrons. The number of aliphatic hydroxyl groups is 1. The van der Waals surface area contributed by atoms with Gasteiger partial charge in [-0.05, 0) is 41.9 Å². The van der Waals surface area contributed by atoms with E-state index in [2.05, 4.69) is 40.7 Å². The zero-order chi connectivity index (χ0) is 13.1. The third kappa shape index (κ3) is 3.78. The van der Waals surface area contributed by atoms with Gasteiger partial charge in [-0.1, -0.05) is 0 Å². The Hall–Kier alpha value is 0.0600. The highest BCUT2D eigenvalue weighted by Gasteiger charge is 2.28. The number of hydrogen-bond donors (Lipinski definition) is 1. The van der Waals surface area contributed by atoms with Crippen LogP contribution in [-0.2, 0) is 11.2 Å². The van der Waals surface area contributed by atoms with E-state index >= 15 is 0 Å². The van der Waals surface area contributed by atoms with Crippen molar-refractivity contribution in [1.29, 1.82) is 0 Å². The molecule has 0 spiro atoms. The maximum absolute atomic E-state index is 10.3. The molecule has 2 unspecified atom stereocenters. The van der Waals surface area contributed by atoms with Gasteiger partial charge in [-0.2, -0.15) is 0 Å². The van der Waals surface area contributed by atoms with E-state index in [1.807, 2.05) is 6.07 Å². The number of thiophene rings is 1. The second-order valence-electron chi connectivity index (χ2n) is 4.98. The molecule has 1 aromatic heterocycles. The molecule has 5 heteroatoms. The van der Waals surface area contributed by atoms with Gasteiger partial charge < -0.3 is 9.84 Å². The van der Waals surface area contributed by atoms with Crippen molar-refractivity contribution in [3.8, 4) is 0 Å². The van der Waals surface area contributed by atoms with Crippen molar-refractivity contribution >= 4 is 27.3 Å². The zero-order valence-corrected chi connectivity index (χ0v) is 13.2. The van der Waals surface area contributed by atoms with Crippen molar-refractivity contribution in [1.82, 2.24) is 4.90 Å². The van der Waals surface area contributed by atoms with E-state index in [-0.39, 0.29) is 6.10 Å². The van der Waals surface area contributed by atoms with Crippen LogP contribution in [0.3, 0.4) is 0 Å². The summed E-state index contributed by atoms with van der Waals surface area (Å²) in [5.41, 5.74) is 0. The molecule has 2 atom stereocenters. The molecule has 2 heterocycles. The average molecular weight is 334 g/mol. The topological polar surface area (TPSA) is 32.7 Å². The molecule has 0 aromatic carbocycles. The third-order valence-corrected chi connectivity index (χ3v) is 4.97. The molecule has 1 saturated heterocycles. The van der Waals surface area contributed by atoms with E-state index in [4.69, 9.17) is 4.74 Å². The summed E-state index contributed by atoms with van der Waals surface area (Å²) >= 11 is 5.12. The lowest BCUT2D eigenvalue weighted by Gasteiger charge is -2.37. The Morgan fingerprint density at radius 2 is 2.33 bits per heavy atom. The average Bonchev–Trinajstić information content (AvgIpc) is 2.75. The lowest BCUT2D eigenvalue weighted by molar-refractivity contribution is -0.0938. The van der Waals surface area contributed by atoms with Crippen molar-refractivity contribution in [2.45, 2.75) is 38.5 Å². The van der Waals surface area contributed by atoms with Crippen LogP contribution in [0, 0.1) is 0 Å². The Balaban J connectivity index is 1.90. The Bertz CT molecular complexity index is 383. The van der Waals surface area contributed by atoms with Crippen molar-refractivity contribution in [3.63, 3.8) is 0 Å². The van der Waals surface area contributed by atoms with Gasteiger partial charge in [-0.25, -0.2) is 0 Å². The third-order valence-electron chi connectivity index (χ3n) is 3.32. The normalized spacial score (nSPS) is 23.5. The smallest absolute Gasteiger partial charge is 0.0964 e. The predicted molar refractivity (Wildman–Crippen MR) is 78.2 cm³/mol. The minimum absolute atomic E-state index is 0.0676. The van der Waals surface area contributed by atoms with Crippen molar-refractivity contribution in [2.24, 2.45) is 0 Å². The summed E-state index contributed by atoms with van der Waals surface area (Å²) in [4.78, 5) is 3.56. The summed E-state index contributed by atoms with van der Waals surface area (Å²) in [6.45, 7) is 6.88. The molecular weight excluding hydrogens is 314 g/mol. The van der Waals surface area contributed by atoms with Crippen LogP contribution >= 0.6 is 27.3 Å². The zero-order valence-electron chi connectivity index (χ0n) is 10.8. The summed E-state index contributed by atoms with van der Waals surface area (Å²) in [7, 11) is 0. The molecule has 102 valence electrons. The Morgan fingerprint density at radius 3 is 2.94 bits per heavy atom. The first kappa shape index (κ1) is 14.5. The van der Waals surface area contributed by atoms with Crippen LogP contribution in [0.2, 0.25) is 0 Å². The van der Waals surface area contributed by atoms with Gasteiger partial charge in [0.25, 0.3) is 0 Å². The van der Waals surface area contributed by atoms with E-state index < -0.39 is 6.10 Å². The van der Waals surface area contributed by atoms with E-state index in [9.17, 15) is 5.11 Å². The van der Waals surface area contributed by atoms with Crippen molar-refractivity contribution < 1.29 is 9.84 Å². The molecule has 3 nitrogen and oxygen atoms in total. The standard InChI is InChI=1S/C13H20BrNO2S/c1-9(2)15-5-6-17-12(8-15)11(16)7-10-3-4-13(14)18-10/h3-4,9,11-12,16H,5-8H2,1-2H3. The number of hydrogen-bond acceptors (Lipinski definition) is 4. The second kappa shape index (κ2) is 6.48. The number of rotatable bonds is 4. The summed E-state index contributed by atoms with van der Waals surface area (Å²) in [6, 6.07) is 4.59. The maximum atomic E-state index is 10.3. The Morgan fingerprint density at radius 1 is 1.56 bits per heavy atom. The van der Waals surface area contributed by atoms with E-state index in [1.54, 1.807) is 11.3 Å². The summed E-state index contributed by atoms with van der Waals surface area (Å²) in [6.07, 6.45) is 0.187.